The third kappa shape index (κ3) is 4.41. The molecular formula is C19H22O12. The lowest BCUT2D eigenvalue weighted by atomic mass is 9.98. The van der Waals surface area contributed by atoms with Crippen LogP contribution in [0.25, 0.3) is 0 Å². The maximum atomic E-state index is 10.6. The summed E-state index contributed by atoms with van der Waals surface area (Å²) in [7, 11) is 1.26. The molecule has 1 aliphatic heterocycles. The van der Waals surface area contributed by atoms with Crippen molar-refractivity contribution < 1.29 is 59.8 Å². The van der Waals surface area contributed by atoms with Crippen molar-refractivity contribution in [1.29, 1.82) is 0 Å². The fourth-order valence-corrected chi connectivity index (χ4v) is 3.10. The number of hydrogen-bond donors (Lipinski definition) is 8. The standard InChI is InChI=1S/C19H22O12/c1-28-19-18(30-8-4-11(23)15(26)12(24)5-8)17(16(27)13(6-20)31-19)29-7-2-9(21)14(25)10(22)3-7/h2-5,13,16-27H,6H2,1H3/t13-,16-,17+,18-,19?/m1/s1. The van der Waals surface area contributed by atoms with Crippen LogP contribution in [0.4, 0.5) is 0 Å². The zero-order valence-corrected chi connectivity index (χ0v) is 16.1. The second-order valence-electron chi connectivity index (χ2n) is 6.74. The van der Waals surface area contributed by atoms with E-state index in [1.165, 1.54) is 7.11 Å². The van der Waals surface area contributed by atoms with Gasteiger partial charge in [0, 0.05) is 31.4 Å². The highest BCUT2D eigenvalue weighted by molar-refractivity contribution is 5.54. The van der Waals surface area contributed by atoms with Gasteiger partial charge < -0.3 is 59.8 Å². The molecule has 0 bridgehead atoms. The monoisotopic (exact) mass is 442 g/mol. The highest BCUT2D eigenvalue weighted by Gasteiger charge is 2.49. The zero-order chi connectivity index (χ0) is 22.9. The quantitative estimate of drug-likeness (QED) is 0.275. The zero-order valence-electron chi connectivity index (χ0n) is 16.1. The van der Waals surface area contributed by atoms with E-state index >= 15 is 0 Å². The van der Waals surface area contributed by atoms with E-state index in [4.69, 9.17) is 18.9 Å². The molecule has 1 saturated heterocycles. The molecule has 31 heavy (non-hydrogen) atoms. The molecule has 2 aromatic carbocycles. The Labute approximate surface area is 175 Å². The Hall–Kier alpha value is -3.32. The van der Waals surface area contributed by atoms with Crippen molar-refractivity contribution >= 4 is 0 Å². The molecule has 3 rings (SSSR count). The topological polar surface area (TPSA) is 199 Å². The van der Waals surface area contributed by atoms with Gasteiger partial charge in [0.1, 0.15) is 23.7 Å². The van der Waals surface area contributed by atoms with Crippen molar-refractivity contribution in [3.63, 3.8) is 0 Å². The average Bonchev–Trinajstić information content (AvgIpc) is 2.72. The first-order valence-electron chi connectivity index (χ1n) is 8.96. The van der Waals surface area contributed by atoms with Crippen LogP contribution in [0.2, 0.25) is 0 Å². The maximum absolute atomic E-state index is 10.6. The molecule has 1 unspecified atom stereocenters. The molecule has 5 atom stereocenters. The molecule has 2 aromatic rings. The number of phenolic OH excluding ortho intramolecular Hbond substituents is 6. The Morgan fingerprint density at radius 1 is 0.774 bits per heavy atom. The third-order valence-corrected chi connectivity index (χ3v) is 4.66. The minimum absolute atomic E-state index is 0.150. The van der Waals surface area contributed by atoms with Gasteiger partial charge in [-0.15, -0.1) is 0 Å². The van der Waals surface area contributed by atoms with Crippen molar-refractivity contribution in [3.8, 4) is 46.0 Å². The van der Waals surface area contributed by atoms with Crippen LogP contribution in [0.3, 0.4) is 0 Å². The molecule has 0 saturated carbocycles. The van der Waals surface area contributed by atoms with Crippen LogP contribution in [-0.4, -0.2) is 85.3 Å². The molecule has 1 fully saturated rings. The van der Waals surface area contributed by atoms with Crippen LogP contribution in [0, 0.1) is 0 Å². The summed E-state index contributed by atoms with van der Waals surface area (Å²) in [4.78, 5) is 0. The highest BCUT2D eigenvalue weighted by atomic mass is 16.7. The number of aromatic hydroxyl groups is 6. The highest BCUT2D eigenvalue weighted by Crippen LogP contribution is 2.41. The predicted molar refractivity (Wildman–Crippen MR) is 100 cm³/mol. The number of benzene rings is 2. The van der Waals surface area contributed by atoms with Gasteiger partial charge in [-0.3, -0.25) is 0 Å². The van der Waals surface area contributed by atoms with Gasteiger partial charge in [0.15, 0.2) is 41.5 Å². The Bertz CT molecular complexity index is 886. The Kier molecular flexibility index (Phi) is 6.36. The lowest BCUT2D eigenvalue weighted by Crippen LogP contribution is -2.63. The smallest absolute Gasteiger partial charge is 0.200 e. The number of aliphatic hydroxyl groups excluding tert-OH is 2. The second kappa shape index (κ2) is 8.81. The SMILES string of the molecule is COC1O[C@H](CO)[C@@H](O)[C@H](Oc2cc(O)c(O)c(O)c2)[C@H]1Oc1cc(O)c(O)c(O)c1. The van der Waals surface area contributed by atoms with Crippen LogP contribution >= 0.6 is 0 Å². The van der Waals surface area contributed by atoms with Gasteiger partial charge in [-0.25, -0.2) is 0 Å². The van der Waals surface area contributed by atoms with E-state index in [-0.39, 0.29) is 11.5 Å². The van der Waals surface area contributed by atoms with Crippen molar-refractivity contribution in [3.05, 3.63) is 24.3 Å². The summed E-state index contributed by atoms with van der Waals surface area (Å²) < 4.78 is 22.0. The first-order valence-corrected chi connectivity index (χ1v) is 8.96. The summed E-state index contributed by atoms with van der Waals surface area (Å²) in [6.07, 6.45) is -6.49. The number of aliphatic hydroxyl groups is 2. The molecule has 0 aromatic heterocycles. The van der Waals surface area contributed by atoms with Gasteiger partial charge in [-0.2, -0.15) is 0 Å². The maximum Gasteiger partial charge on any atom is 0.200 e. The van der Waals surface area contributed by atoms with E-state index in [9.17, 15) is 40.9 Å². The van der Waals surface area contributed by atoms with Gasteiger partial charge in [0.05, 0.1) is 6.61 Å². The predicted octanol–water partition coefficient (Wildman–Crippen LogP) is -0.160. The Morgan fingerprint density at radius 3 is 1.58 bits per heavy atom. The van der Waals surface area contributed by atoms with E-state index in [0.29, 0.717) is 0 Å². The van der Waals surface area contributed by atoms with Gasteiger partial charge in [0.25, 0.3) is 0 Å². The minimum Gasteiger partial charge on any atom is -0.504 e. The summed E-state index contributed by atoms with van der Waals surface area (Å²) in [6.45, 7) is -0.611. The fourth-order valence-electron chi connectivity index (χ4n) is 3.10. The lowest BCUT2D eigenvalue weighted by Gasteiger charge is -2.43. The van der Waals surface area contributed by atoms with E-state index in [2.05, 4.69) is 0 Å². The number of phenols is 6. The van der Waals surface area contributed by atoms with Crippen molar-refractivity contribution in [1.82, 2.24) is 0 Å². The van der Waals surface area contributed by atoms with Gasteiger partial charge in [-0.1, -0.05) is 0 Å². The molecule has 8 N–H and O–H groups in total. The van der Waals surface area contributed by atoms with Gasteiger partial charge >= 0.3 is 0 Å². The number of hydrogen-bond acceptors (Lipinski definition) is 12. The molecule has 12 heteroatoms. The molecule has 12 nitrogen and oxygen atoms in total. The molecule has 0 spiro atoms. The largest absolute Gasteiger partial charge is 0.504 e. The van der Waals surface area contributed by atoms with Crippen molar-refractivity contribution in [2.75, 3.05) is 13.7 Å². The summed E-state index contributed by atoms with van der Waals surface area (Å²) in [5.41, 5.74) is 0. The Morgan fingerprint density at radius 2 is 1.19 bits per heavy atom. The van der Waals surface area contributed by atoms with Crippen LogP contribution < -0.4 is 9.47 Å². The van der Waals surface area contributed by atoms with E-state index in [0.717, 1.165) is 24.3 Å². The Balaban J connectivity index is 1.97. The van der Waals surface area contributed by atoms with Crippen LogP contribution in [0.5, 0.6) is 46.0 Å². The average molecular weight is 442 g/mol. The molecule has 0 amide bonds. The number of rotatable bonds is 6. The van der Waals surface area contributed by atoms with Crippen molar-refractivity contribution in [2.24, 2.45) is 0 Å². The third-order valence-electron chi connectivity index (χ3n) is 4.66. The summed E-state index contributed by atoms with van der Waals surface area (Å²) in [5, 5.41) is 78.0. The molecule has 0 radical (unpaired) electrons. The second-order valence-corrected chi connectivity index (χ2v) is 6.74. The van der Waals surface area contributed by atoms with Crippen LogP contribution in [0.15, 0.2) is 24.3 Å². The van der Waals surface area contributed by atoms with E-state index in [1.807, 2.05) is 0 Å². The molecule has 0 aliphatic carbocycles. The fraction of sp³-hybridized carbons (Fsp3) is 0.368. The summed E-state index contributed by atoms with van der Waals surface area (Å²) in [6, 6.07) is 3.92. The summed E-state index contributed by atoms with van der Waals surface area (Å²) >= 11 is 0. The van der Waals surface area contributed by atoms with E-state index in [1.54, 1.807) is 0 Å². The van der Waals surface area contributed by atoms with Gasteiger partial charge in [0.2, 0.25) is 11.5 Å². The molecular weight excluding hydrogens is 420 g/mol. The normalized spacial score (nSPS) is 25.8. The van der Waals surface area contributed by atoms with E-state index < -0.39 is 71.8 Å². The minimum atomic E-state index is -1.50. The first-order chi connectivity index (χ1) is 14.7. The van der Waals surface area contributed by atoms with Crippen LogP contribution in [0.1, 0.15) is 0 Å². The molecule has 1 heterocycles. The number of ether oxygens (including phenoxy) is 4. The molecule has 1 aliphatic rings. The number of methoxy groups -OCH3 is 1. The summed E-state index contributed by atoms with van der Waals surface area (Å²) in [5.74, 6) is -4.60. The van der Waals surface area contributed by atoms with Crippen LogP contribution in [-0.2, 0) is 9.47 Å². The lowest BCUT2D eigenvalue weighted by molar-refractivity contribution is -0.284. The molecule has 170 valence electrons. The van der Waals surface area contributed by atoms with Crippen molar-refractivity contribution in [2.45, 2.75) is 30.7 Å². The first kappa shape index (κ1) is 22.4. The van der Waals surface area contributed by atoms with Gasteiger partial charge in [-0.05, 0) is 0 Å².